The fourth-order valence-corrected chi connectivity index (χ4v) is 2.26. The number of carbonyl (C=O) groups is 2. The molecular weight excluding hydrogens is 242 g/mol. The van der Waals surface area contributed by atoms with Gasteiger partial charge in [0.05, 0.1) is 11.4 Å². The predicted molar refractivity (Wildman–Crippen MR) is 72.7 cm³/mol. The summed E-state index contributed by atoms with van der Waals surface area (Å²) in [6, 6.07) is 3.17. The van der Waals surface area contributed by atoms with Crippen LogP contribution in [-0.2, 0) is 9.59 Å². The lowest BCUT2D eigenvalue weighted by Crippen LogP contribution is -2.60. The molecule has 2 amide bonds. The Morgan fingerprint density at radius 3 is 2.89 bits per heavy atom. The number of anilines is 1. The average molecular weight is 261 g/mol. The lowest BCUT2D eigenvalue weighted by molar-refractivity contribution is -0.132. The van der Waals surface area contributed by atoms with Crippen molar-refractivity contribution >= 4 is 17.5 Å². The maximum atomic E-state index is 12.5. The molecule has 0 aliphatic carbocycles. The average Bonchev–Trinajstić information content (AvgIpc) is 2.41. The molecule has 2 rings (SSSR count). The molecule has 19 heavy (non-hydrogen) atoms. The quantitative estimate of drug-likeness (QED) is 0.891. The van der Waals surface area contributed by atoms with Gasteiger partial charge in [0.25, 0.3) is 0 Å². The van der Waals surface area contributed by atoms with Crippen LogP contribution in [0.3, 0.4) is 0 Å². The van der Waals surface area contributed by atoms with Crippen molar-refractivity contribution in [1.82, 2.24) is 10.3 Å². The van der Waals surface area contributed by atoms with E-state index in [2.05, 4.69) is 10.3 Å². The summed E-state index contributed by atoms with van der Waals surface area (Å²) in [5.41, 5.74) is 1.48. The molecule has 1 saturated heterocycles. The summed E-state index contributed by atoms with van der Waals surface area (Å²) >= 11 is 0. The first-order valence-corrected chi connectivity index (χ1v) is 6.57. The second-order valence-electron chi connectivity index (χ2n) is 4.96. The zero-order valence-electron chi connectivity index (χ0n) is 11.5. The first-order valence-electron chi connectivity index (χ1n) is 6.57. The number of piperazine rings is 1. The van der Waals surface area contributed by atoms with Gasteiger partial charge in [-0.25, -0.2) is 0 Å². The largest absolute Gasteiger partial charge is 0.342 e. The number of aryl methyl sites for hydroxylation is 1. The van der Waals surface area contributed by atoms with Gasteiger partial charge in [0, 0.05) is 6.20 Å². The van der Waals surface area contributed by atoms with Crippen molar-refractivity contribution in [1.29, 1.82) is 0 Å². The summed E-state index contributed by atoms with van der Waals surface area (Å²) in [6.07, 6.45) is 2.52. The third-order valence-corrected chi connectivity index (χ3v) is 3.63. The summed E-state index contributed by atoms with van der Waals surface area (Å²) < 4.78 is 0. The van der Waals surface area contributed by atoms with E-state index in [1.807, 2.05) is 26.8 Å². The molecule has 1 aromatic rings. The molecular formula is C14H19N3O2. The number of nitrogens with one attached hydrogen (secondary N) is 1. The third-order valence-electron chi connectivity index (χ3n) is 3.63. The highest BCUT2D eigenvalue weighted by Gasteiger charge is 2.36. The van der Waals surface area contributed by atoms with Crippen molar-refractivity contribution < 1.29 is 9.59 Å². The summed E-state index contributed by atoms with van der Waals surface area (Å²) in [5, 5.41) is 2.79. The smallest absolute Gasteiger partial charge is 0.250 e. The Morgan fingerprint density at radius 1 is 1.53 bits per heavy atom. The zero-order chi connectivity index (χ0) is 14.0. The summed E-state index contributed by atoms with van der Waals surface area (Å²) in [4.78, 5) is 30.0. The van der Waals surface area contributed by atoms with Gasteiger partial charge in [-0.15, -0.1) is 0 Å². The number of pyridine rings is 1. The first kappa shape index (κ1) is 13.5. The molecule has 5 heteroatoms. The van der Waals surface area contributed by atoms with E-state index in [0.29, 0.717) is 0 Å². The van der Waals surface area contributed by atoms with E-state index >= 15 is 0 Å². The van der Waals surface area contributed by atoms with E-state index in [4.69, 9.17) is 0 Å². The van der Waals surface area contributed by atoms with Crippen LogP contribution in [0.4, 0.5) is 5.69 Å². The van der Waals surface area contributed by atoms with Crippen LogP contribution in [0.15, 0.2) is 18.3 Å². The minimum Gasteiger partial charge on any atom is -0.342 e. The Hall–Kier alpha value is -1.91. The molecule has 0 bridgehead atoms. The van der Waals surface area contributed by atoms with Crippen LogP contribution in [0, 0.1) is 12.8 Å². The van der Waals surface area contributed by atoms with Gasteiger partial charge in [-0.1, -0.05) is 20.3 Å². The van der Waals surface area contributed by atoms with Gasteiger partial charge < -0.3 is 5.32 Å². The maximum absolute atomic E-state index is 12.5. The number of hydrogen-bond donors (Lipinski definition) is 1. The monoisotopic (exact) mass is 261 g/mol. The van der Waals surface area contributed by atoms with Crippen molar-refractivity contribution in [3.05, 3.63) is 24.0 Å². The van der Waals surface area contributed by atoms with Gasteiger partial charge in [-0.05, 0) is 25.0 Å². The van der Waals surface area contributed by atoms with Gasteiger partial charge in [0.15, 0.2) is 0 Å². The number of amides is 2. The van der Waals surface area contributed by atoms with Gasteiger partial charge in [0.2, 0.25) is 11.8 Å². The molecule has 1 N–H and O–H groups in total. The maximum Gasteiger partial charge on any atom is 0.250 e. The van der Waals surface area contributed by atoms with Crippen molar-refractivity contribution in [3.63, 3.8) is 0 Å². The van der Waals surface area contributed by atoms with Gasteiger partial charge in [-0.2, -0.15) is 0 Å². The fourth-order valence-electron chi connectivity index (χ4n) is 2.26. The van der Waals surface area contributed by atoms with Crippen LogP contribution in [0.25, 0.3) is 0 Å². The van der Waals surface area contributed by atoms with Crippen molar-refractivity contribution in [2.75, 3.05) is 11.4 Å². The molecule has 2 heterocycles. The van der Waals surface area contributed by atoms with Gasteiger partial charge >= 0.3 is 0 Å². The van der Waals surface area contributed by atoms with Crippen molar-refractivity contribution in [2.24, 2.45) is 5.92 Å². The normalized spacial score (nSPS) is 21.2. The van der Waals surface area contributed by atoms with Crippen molar-refractivity contribution in [3.8, 4) is 0 Å². The SMILES string of the molecule is CCC(C)C1NC(=O)CN(c2cccnc2C)C1=O. The minimum absolute atomic E-state index is 0.0509. The molecule has 0 radical (unpaired) electrons. The van der Waals surface area contributed by atoms with E-state index < -0.39 is 6.04 Å². The van der Waals surface area contributed by atoms with E-state index in [1.165, 1.54) is 4.90 Å². The Labute approximate surface area is 113 Å². The topological polar surface area (TPSA) is 62.3 Å². The Morgan fingerprint density at radius 2 is 2.26 bits per heavy atom. The summed E-state index contributed by atoms with van der Waals surface area (Å²) in [7, 11) is 0. The second kappa shape index (κ2) is 5.38. The molecule has 0 spiro atoms. The molecule has 0 saturated carbocycles. The standard InChI is InChI=1S/C14H19N3O2/c1-4-9(2)13-14(19)17(8-12(18)16-13)11-6-5-7-15-10(11)3/h5-7,9,13H,4,8H2,1-3H3,(H,16,18). The summed E-state index contributed by atoms with van der Waals surface area (Å²) in [6.45, 7) is 5.90. The van der Waals surface area contributed by atoms with E-state index in [1.54, 1.807) is 12.3 Å². The van der Waals surface area contributed by atoms with Crippen LogP contribution < -0.4 is 10.2 Å². The van der Waals surface area contributed by atoms with Crippen LogP contribution in [0.5, 0.6) is 0 Å². The number of aromatic nitrogens is 1. The molecule has 102 valence electrons. The highest BCUT2D eigenvalue weighted by molar-refractivity contribution is 6.06. The Kier molecular flexibility index (Phi) is 3.83. The van der Waals surface area contributed by atoms with E-state index in [0.717, 1.165) is 17.8 Å². The van der Waals surface area contributed by atoms with Crippen molar-refractivity contribution in [2.45, 2.75) is 33.2 Å². The number of rotatable bonds is 3. The first-order chi connectivity index (χ1) is 9.04. The van der Waals surface area contributed by atoms with Crippen LogP contribution in [0.2, 0.25) is 0 Å². The molecule has 2 unspecified atom stereocenters. The molecule has 1 aliphatic rings. The minimum atomic E-state index is -0.439. The van der Waals surface area contributed by atoms with E-state index in [-0.39, 0.29) is 24.3 Å². The molecule has 1 aromatic heterocycles. The van der Waals surface area contributed by atoms with E-state index in [9.17, 15) is 9.59 Å². The Bertz CT molecular complexity index is 501. The zero-order valence-corrected chi connectivity index (χ0v) is 11.5. The summed E-state index contributed by atoms with van der Waals surface area (Å²) in [5.74, 6) is -0.0468. The highest BCUT2D eigenvalue weighted by Crippen LogP contribution is 2.22. The fraction of sp³-hybridized carbons (Fsp3) is 0.500. The number of nitrogens with zero attached hydrogens (tertiary/aromatic N) is 2. The number of hydrogen-bond acceptors (Lipinski definition) is 3. The lowest BCUT2D eigenvalue weighted by atomic mass is 9.96. The molecule has 2 atom stereocenters. The Balaban J connectivity index is 2.33. The van der Waals surface area contributed by atoms with Crippen LogP contribution in [-0.4, -0.2) is 29.4 Å². The second-order valence-corrected chi connectivity index (χ2v) is 4.96. The molecule has 5 nitrogen and oxygen atoms in total. The van der Waals surface area contributed by atoms with Crippen LogP contribution in [0.1, 0.15) is 26.0 Å². The lowest BCUT2D eigenvalue weighted by Gasteiger charge is -2.35. The van der Waals surface area contributed by atoms with Crippen LogP contribution >= 0.6 is 0 Å². The highest BCUT2D eigenvalue weighted by atomic mass is 16.2. The molecule has 1 aliphatic heterocycles. The molecule has 1 fully saturated rings. The third kappa shape index (κ3) is 2.59. The van der Waals surface area contributed by atoms with Gasteiger partial charge in [-0.3, -0.25) is 19.5 Å². The molecule has 0 aromatic carbocycles. The number of carbonyl (C=O) groups excluding carboxylic acids is 2. The van der Waals surface area contributed by atoms with Gasteiger partial charge in [0.1, 0.15) is 12.6 Å². The predicted octanol–water partition coefficient (Wildman–Crippen LogP) is 1.27.